The van der Waals surface area contributed by atoms with E-state index in [1.54, 1.807) is 0 Å². The van der Waals surface area contributed by atoms with Crippen molar-refractivity contribution < 1.29 is 13.6 Å². The molecular weight excluding hydrogens is 230 g/mol. The van der Waals surface area contributed by atoms with Gasteiger partial charge in [-0.25, -0.2) is 13.5 Å². The third kappa shape index (κ3) is 1.94. The minimum atomic E-state index is -0.892. The molecule has 2 rings (SSSR count). The van der Waals surface area contributed by atoms with Crippen LogP contribution >= 0.6 is 0 Å². The molecule has 0 atom stereocenters. The standard InChI is InChI=1S/C10H8F2N4O/c11-6-1-7(12)9(13)8(2-6)16-4-5(3-15-16)10(14)17/h1-4H,13H2,(H2,14,17). The Kier molecular flexibility index (Phi) is 2.51. The minimum Gasteiger partial charge on any atom is -0.395 e. The normalized spacial score (nSPS) is 10.5. The number of nitrogen functional groups attached to an aromatic ring is 1. The number of halogens is 2. The van der Waals surface area contributed by atoms with E-state index < -0.39 is 17.5 Å². The minimum absolute atomic E-state index is 0.00926. The van der Waals surface area contributed by atoms with E-state index >= 15 is 0 Å². The van der Waals surface area contributed by atoms with E-state index in [9.17, 15) is 13.6 Å². The number of hydrogen-bond acceptors (Lipinski definition) is 3. The number of carbonyl (C=O) groups excluding carboxylic acids is 1. The average molecular weight is 238 g/mol. The van der Waals surface area contributed by atoms with Gasteiger partial charge >= 0.3 is 0 Å². The number of carbonyl (C=O) groups is 1. The van der Waals surface area contributed by atoms with E-state index in [4.69, 9.17) is 11.5 Å². The molecule has 2 aromatic rings. The number of benzene rings is 1. The molecule has 7 heteroatoms. The Morgan fingerprint density at radius 1 is 1.35 bits per heavy atom. The maximum absolute atomic E-state index is 13.2. The lowest BCUT2D eigenvalue weighted by Gasteiger charge is -2.06. The van der Waals surface area contributed by atoms with Gasteiger partial charge in [-0.1, -0.05) is 0 Å². The Balaban J connectivity index is 2.56. The SMILES string of the molecule is NC(=O)c1cnn(-c2cc(F)cc(F)c2N)c1. The van der Waals surface area contributed by atoms with Gasteiger partial charge in [-0.15, -0.1) is 0 Å². The van der Waals surface area contributed by atoms with Gasteiger partial charge in [-0.05, 0) is 0 Å². The Morgan fingerprint density at radius 3 is 2.65 bits per heavy atom. The van der Waals surface area contributed by atoms with Crippen LogP contribution in [0, 0.1) is 11.6 Å². The molecule has 0 saturated heterocycles. The number of aromatic nitrogens is 2. The number of rotatable bonds is 2. The van der Waals surface area contributed by atoms with E-state index in [-0.39, 0.29) is 16.9 Å². The van der Waals surface area contributed by atoms with Crippen LogP contribution in [-0.4, -0.2) is 15.7 Å². The van der Waals surface area contributed by atoms with Crippen molar-refractivity contribution >= 4 is 11.6 Å². The largest absolute Gasteiger partial charge is 0.395 e. The van der Waals surface area contributed by atoms with Gasteiger partial charge in [0.1, 0.15) is 5.82 Å². The predicted molar refractivity (Wildman–Crippen MR) is 56.4 cm³/mol. The maximum Gasteiger partial charge on any atom is 0.251 e. The fourth-order valence-electron chi connectivity index (χ4n) is 1.34. The molecular formula is C10H8F2N4O. The van der Waals surface area contributed by atoms with E-state index in [1.807, 2.05) is 0 Å². The molecule has 0 aliphatic heterocycles. The molecule has 0 saturated carbocycles. The van der Waals surface area contributed by atoms with Crippen molar-refractivity contribution in [2.24, 2.45) is 5.73 Å². The summed E-state index contributed by atoms with van der Waals surface area (Å²) in [4.78, 5) is 10.9. The van der Waals surface area contributed by atoms with E-state index in [1.165, 1.54) is 12.4 Å². The highest BCUT2D eigenvalue weighted by atomic mass is 19.1. The topological polar surface area (TPSA) is 86.9 Å². The predicted octanol–water partition coefficient (Wildman–Crippen LogP) is 0.832. The van der Waals surface area contributed by atoms with Gasteiger partial charge < -0.3 is 11.5 Å². The fourth-order valence-corrected chi connectivity index (χ4v) is 1.34. The van der Waals surface area contributed by atoms with Gasteiger partial charge in [0.25, 0.3) is 5.91 Å². The Morgan fingerprint density at radius 2 is 2.06 bits per heavy atom. The first kappa shape index (κ1) is 11.1. The van der Waals surface area contributed by atoms with Crippen LogP contribution in [0.5, 0.6) is 0 Å². The van der Waals surface area contributed by atoms with Crippen LogP contribution in [0.15, 0.2) is 24.5 Å². The average Bonchev–Trinajstić information content (AvgIpc) is 2.72. The molecule has 0 aliphatic rings. The van der Waals surface area contributed by atoms with E-state index in [2.05, 4.69) is 5.10 Å². The monoisotopic (exact) mass is 238 g/mol. The highest BCUT2D eigenvalue weighted by molar-refractivity contribution is 5.92. The Bertz CT molecular complexity index is 594. The number of nitrogens with two attached hydrogens (primary N) is 2. The van der Waals surface area contributed by atoms with Crippen LogP contribution in [0.1, 0.15) is 10.4 Å². The van der Waals surface area contributed by atoms with Crippen molar-refractivity contribution in [3.63, 3.8) is 0 Å². The fraction of sp³-hybridized carbons (Fsp3) is 0. The second-order valence-electron chi connectivity index (χ2n) is 3.36. The van der Waals surface area contributed by atoms with Gasteiger partial charge in [0.15, 0.2) is 5.82 Å². The van der Waals surface area contributed by atoms with Gasteiger partial charge in [0, 0.05) is 18.3 Å². The molecule has 0 fully saturated rings. The summed E-state index contributed by atoms with van der Waals surface area (Å²) < 4.78 is 27.3. The molecule has 17 heavy (non-hydrogen) atoms. The molecule has 1 heterocycles. The van der Waals surface area contributed by atoms with Crippen LogP contribution in [0.3, 0.4) is 0 Å². The van der Waals surface area contributed by atoms with Crippen molar-refractivity contribution in [2.45, 2.75) is 0 Å². The zero-order chi connectivity index (χ0) is 12.6. The number of hydrogen-bond donors (Lipinski definition) is 2. The quantitative estimate of drug-likeness (QED) is 0.760. The van der Waals surface area contributed by atoms with E-state index in [0.717, 1.165) is 10.7 Å². The number of primary amides is 1. The van der Waals surface area contributed by atoms with Gasteiger partial charge in [0.2, 0.25) is 0 Å². The lowest BCUT2D eigenvalue weighted by atomic mass is 10.2. The summed E-state index contributed by atoms with van der Waals surface area (Å²) in [6, 6.07) is 1.67. The molecule has 0 spiro atoms. The van der Waals surface area contributed by atoms with Crippen molar-refractivity contribution in [1.29, 1.82) is 0 Å². The van der Waals surface area contributed by atoms with Gasteiger partial charge in [0.05, 0.1) is 23.1 Å². The lowest BCUT2D eigenvalue weighted by molar-refractivity contribution is 0.100. The molecule has 5 nitrogen and oxygen atoms in total. The van der Waals surface area contributed by atoms with Crippen LogP contribution in [-0.2, 0) is 0 Å². The second kappa shape index (κ2) is 3.85. The number of amides is 1. The maximum atomic E-state index is 13.2. The summed E-state index contributed by atoms with van der Waals surface area (Å²) in [7, 11) is 0. The van der Waals surface area contributed by atoms with Crippen LogP contribution in [0.4, 0.5) is 14.5 Å². The zero-order valence-corrected chi connectivity index (χ0v) is 8.52. The first-order valence-electron chi connectivity index (χ1n) is 4.58. The van der Waals surface area contributed by atoms with Crippen molar-refractivity contribution in [1.82, 2.24) is 9.78 Å². The zero-order valence-electron chi connectivity index (χ0n) is 8.52. The van der Waals surface area contributed by atoms with Gasteiger partial charge in [-0.3, -0.25) is 4.79 Å². The molecule has 0 unspecified atom stereocenters. The van der Waals surface area contributed by atoms with Crippen molar-refractivity contribution in [3.05, 3.63) is 41.7 Å². The molecule has 88 valence electrons. The van der Waals surface area contributed by atoms with Crippen molar-refractivity contribution in [2.75, 3.05) is 5.73 Å². The number of anilines is 1. The molecule has 1 aromatic carbocycles. The van der Waals surface area contributed by atoms with E-state index in [0.29, 0.717) is 6.07 Å². The van der Waals surface area contributed by atoms with Crippen LogP contribution in [0.2, 0.25) is 0 Å². The molecule has 1 amide bonds. The van der Waals surface area contributed by atoms with Crippen LogP contribution < -0.4 is 11.5 Å². The smallest absolute Gasteiger partial charge is 0.251 e. The summed E-state index contributed by atoms with van der Waals surface area (Å²) in [5.41, 5.74) is 10.4. The molecule has 0 bridgehead atoms. The summed E-state index contributed by atoms with van der Waals surface area (Å²) in [5, 5.41) is 3.75. The molecule has 1 aromatic heterocycles. The third-order valence-corrected chi connectivity index (χ3v) is 2.19. The van der Waals surface area contributed by atoms with Crippen LogP contribution in [0.25, 0.3) is 5.69 Å². The number of nitrogens with zero attached hydrogens (tertiary/aromatic N) is 2. The lowest BCUT2D eigenvalue weighted by Crippen LogP contribution is -2.09. The summed E-state index contributed by atoms with van der Waals surface area (Å²) in [6.45, 7) is 0. The summed E-state index contributed by atoms with van der Waals surface area (Å²) >= 11 is 0. The summed E-state index contributed by atoms with van der Waals surface area (Å²) in [5.74, 6) is -2.37. The summed E-state index contributed by atoms with van der Waals surface area (Å²) in [6.07, 6.45) is 2.43. The molecule has 0 aliphatic carbocycles. The highest BCUT2D eigenvalue weighted by Crippen LogP contribution is 2.21. The van der Waals surface area contributed by atoms with Gasteiger partial charge in [-0.2, -0.15) is 5.10 Å². The Hall–Kier alpha value is -2.44. The molecule has 0 radical (unpaired) electrons. The first-order chi connectivity index (χ1) is 7.99. The molecule has 4 N–H and O–H groups in total. The Labute approximate surface area is 94.6 Å². The first-order valence-corrected chi connectivity index (χ1v) is 4.58. The third-order valence-electron chi connectivity index (χ3n) is 2.19. The van der Waals surface area contributed by atoms with Crippen molar-refractivity contribution in [3.8, 4) is 5.69 Å². The highest BCUT2D eigenvalue weighted by Gasteiger charge is 2.12. The second-order valence-corrected chi connectivity index (χ2v) is 3.36.